The van der Waals surface area contributed by atoms with Crippen molar-refractivity contribution < 1.29 is 38.7 Å². The van der Waals surface area contributed by atoms with Gasteiger partial charge in [-0.1, -0.05) is 74.7 Å². The second-order valence-electron chi connectivity index (χ2n) is 13.9. The Morgan fingerprint density at radius 3 is 1.80 bits per heavy atom. The summed E-state index contributed by atoms with van der Waals surface area (Å²) in [5, 5.41) is 22.2. The highest BCUT2D eigenvalue weighted by molar-refractivity contribution is 5.96. The predicted octanol–water partition coefficient (Wildman–Crippen LogP) is 0.649. The van der Waals surface area contributed by atoms with Crippen molar-refractivity contribution in [3.8, 4) is 0 Å². The number of carbonyl (C=O) groups excluding carboxylic acids is 6. The van der Waals surface area contributed by atoms with E-state index in [0.29, 0.717) is 38.6 Å². The molecule has 1 saturated heterocycles. The molecule has 1 aliphatic rings. The number of nitrogens with one attached hydrogen (secondary N) is 5. The van der Waals surface area contributed by atoms with Gasteiger partial charge in [0.15, 0.2) is 0 Å². The van der Waals surface area contributed by atoms with E-state index in [-0.39, 0.29) is 36.0 Å². The summed E-state index contributed by atoms with van der Waals surface area (Å²) >= 11 is 0. The zero-order chi connectivity index (χ0) is 37.6. The van der Waals surface area contributed by atoms with Crippen molar-refractivity contribution in [3.05, 3.63) is 0 Å². The average molecular weight is 696 g/mol. The topological polar surface area (TPSA) is 229 Å². The van der Waals surface area contributed by atoms with Crippen LogP contribution < -0.4 is 32.3 Å². The number of hydrogen-bond donors (Lipinski definition) is 7. The molecule has 0 aromatic rings. The third kappa shape index (κ3) is 13.2. The van der Waals surface area contributed by atoms with Crippen molar-refractivity contribution >= 4 is 41.4 Å². The van der Waals surface area contributed by atoms with Crippen LogP contribution in [0.15, 0.2) is 0 Å². The van der Waals surface area contributed by atoms with Crippen molar-refractivity contribution in [2.75, 3.05) is 13.1 Å². The summed E-state index contributed by atoms with van der Waals surface area (Å²) in [5.74, 6) is -5.20. The molecule has 9 atom stereocenters. The Morgan fingerprint density at radius 1 is 0.755 bits per heavy atom. The molecule has 0 radical (unpaired) electrons. The smallest absolute Gasteiger partial charge is 0.325 e. The van der Waals surface area contributed by atoms with Crippen molar-refractivity contribution in [2.24, 2.45) is 29.4 Å². The maximum Gasteiger partial charge on any atom is 0.325 e. The number of hydrogen-bond acceptors (Lipinski definition) is 8. The van der Waals surface area contributed by atoms with Crippen LogP contribution in [-0.2, 0) is 33.6 Å². The van der Waals surface area contributed by atoms with E-state index in [1.54, 1.807) is 6.92 Å². The molecular formula is C34H61N7O8. The van der Waals surface area contributed by atoms with Crippen LogP contribution in [0.25, 0.3) is 0 Å². The summed E-state index contributed by atoms with van der Waals surface area (Å²) in [4.78, 5) is 91.9. The van der Waals surface area contributed by atoms with Crippen LogP contribution in [0.1, 0.15) is 101 Å². The van der Waals surface area contributed by atoms with Gasteiger partial charge in [0.2, 0.25) is 35.4 Å². The highest BCUT2D eigenvalue weighted by atomic mass is 16.4. The van der Waals surface area contributed by atoms with Gasteiger partial charge in [0, 0.05) is 6.54 Å². The minimum atomic E-state index is -1.22. The van der Waals surface area contributed by atoms with Gasteiger partial charge in [-0.25, -0.2) is 0 Å². The third-order valence-electron chi connectivity index (χ3n) is 9.48. The van der Waals surface area contributed by atoms with E-state index in [1.807, 2.05) is 48.5 Å². The van der Waals surface area contributed by atoms with Crippen molar-refractivity contribution in [3.63, 3.8) is 0 Å². The lowest BCUT2D eigenvalue weighted by atomic mass is 9.96. The second kappa shape index (κ2) is 20.7. The summed E-state index contributed by atoms with van der Waals surface area (Å²) in [5.41, 5.74) is 6.19. The Labute approximate surface area is 291 Å². The van der Waals surface area contributed by atoms with E-state index in [2.05, 4.69) is 26.6 Å². The van der Waals surface area contributed by atoms with Gasteiger partial charge in [0.25, 0.3) is 0 Å². The summed E-state index contributed by atoms with van der Waals surface area (Å²) in [6.45, 7) is 16.0. The Bertz CT molecular complexity index is 1170. The van der Waals surface area contributed by atoms with Gasteiger partial charge < -0.3 is 42.3 Å². The number of rotatable bonds is 20. The Kier molecular flexibility index (Phi) is 18.3. The summed E-state index contributed by atoms with van der Waals surface area (Å²) in [6, 6.07) is -5.71. The molecule has 0 spiro atoms. The molecule has 1 rings (SSSR count). The van der Waals surface area contributed by atoms with E-state index >= 15 is 0 Å². The van der Waals surface area contributed by atoms with Gasteiger partial charge in [-0.3, -0.25) is 33.6 Å². The molecule has 1 heterocycles. The number of carbonyl (C=O) groups is 7. The lowest BCUT2D eigenvalue weighted by Crippen LogP contribution is -2.59. The highest BCUT2D eigenvalue weighted by Crippen LogP contribution is 2.21. The number of amides is 6. The molecule has 1 fully saturated rings. The number of carboxylic acid groups (broad SMARTS) is 1. The van der Waals surface area contributed by atoms with Gasteiger partial charge in [-0.15, -0.1) is 0 Å². The van der Waals surface area contributed by atoms with Crippen LogP contribution in [0.5, 0.6) is 0 Å². The maximum atomic E-state index is 13.7. The van der Waals surface area contributed by atoms with Crippen LogP contribution >= 0.6 is 0 Å². The molecule has 8 N–H and O–H groups in total. The average Bonchev–Trinajstić information content (AvgIpc) is 3.56. The number of nitrogens with zero attached hydrogens (tertiary/aromatic N) is 1. The summed E-state index contributed by atoms with van der Waals surface area (Å²) in [7, 11) is 0. The lowest BCUT2D eigenvalue weighted by molar-refractivity contribution is -0.142. The number of carboxylic acids is 1. The Morgan fingerprint density at radius 2 is 1.29 bits per heavy atom. The fourth-order valence-corrected chi connectivity index (χ4v) is 5.49. The first-order valence-electron chi connectivity index (χ1n) is 17.7. The van der Waals surface area contributed by atoms with Gasteiger partial charge in [0.1, 0.15) is 30.2 Å². The second-order valence-corrected chi connectivity index (χ2v) is 13.9. The van der Waals surface area contributed by atoms with E-state index in [4.69, 9.17) is 10.8 Å². The fourth-order valence-electron chi connectivity index (χ4n) is 5.49. The zero-order valence-electron chi connectivity index (χ0n) is 30.8. The number of nitrogens with two attached hydrogens (primary N) is 1. The van der Waals surface area contributed by atoms with E-state index < -0.39 is 78.3 Å². The molecule has 49 heavy (non-hydrogen) atoms. The summed E-state index contributed by atoms with van der Waals surface area (Å²) < 4.78 is 0. The normalized spacial score (nSPS) is 19.3. The molecule has 15 nitrogen and oxygen atoms in total. The fraction of sp³-hybridized carbons (Fsp3) is 0.794. The van der Waals surface area contributed by atoms with E-state index in [0.717, 1.165) is 0 Å². The van der Waals surface area contributed by atoms with Crippen molar-refractivity contribution in [1.29, 1.82) is 0 Å². The quantitative estimate of drug-likeness (QED) is 0.0947. The van der Waals surface area contributed by atoms with Crippen LogP contribution in [0.3, 0.4) is 0 Å². The molecule has 0 saturated carbocycles. The lowest BCUT2D eigenvalue weighted by Gasteiger charge is -2.31. The van der Waals surface area contributed by atoms with Gasteiger partial charge >= 0.3 is 5.97 Å². The van der Waals surface area contributed by atoms with Gasteiger partial charge in [0.05, 0.1) is 12.6 Å². The first-order valence-corrected chi connectivity index (χ1v) is 17.7. The first-order chi connectivity index (χ1) is 22.9. The van der Waals surface area contributed by atoms with Crippen molar-refractivity contribution in [2.45, 2.75) is 137 Å². The van der Waals surface area contributed by atoms with E-state index in [9.17, 15) is 33.6 Å². The molecule has 0 aromatic heterocycles. The molecule has 15 heteroatoms. The standard InChI is InChI=1S/C34H61N7O8/c1-10-19(6)26(35)33(47)41-15-13-14-24(41)30(44)40-28(21(8)12-3)32(46)38-23(16-18(4)5)29(43)36-17-25(42)39-27(20(7)11-2)31(45)37-22(9)34(48)49/h18-24,26-28H,10-17,35H2,1-9H3,(H,36,43)(H,37,45)(H,38,46)(H,39,42)(H,40,44)(H,48,49)/t19-,20-,21-,22-,23-,24-,26-,27-,28-/m0/s1. The first kappa shape index (κ1) is 43.3. The maximum absolute atomic E-state index is 13.7. The van der Waals surface area contributed by atoms with Crippen LogP contribution in [-0.4, -0.2) is 101 Å². The number of aliphatic carboxylic acids is 1. The van der Waals surface area contributed by atoms with E-state index in [1.165, 1.54) is 11.8 Å². The Balaban J connectivity index is 3.03. The molecule has 280 valence electrons. The largest absolute Gasteiger partial charge is 0.480 e. The van der Waals surface area contributed by atoms with Crippen LogP contribution in [0, 0.1) is 23.7 Å². The molecule has 0 bridgehead atoms. The van der Waals surface area contributed by atoms with Gasteiger partial charge in [-0.2, -0.15) is 0 Å². The van der Waals surface area contributed by atoms with Crippen LogP contribution in [0.2, 0.25) is 0 Å². The SMILES string of the molecule is CC[C@H](C)[C@H](N)C(=O)N1CCC[C@H]1C(=O)N[C@H](C(=O)N[C@@H](CC(C)C)C(=O)NCC(=O)N[C@H](C(=O)N[C@@H](C)C(=O)O)[C@@H](C)CC)[C@@H](C)CC. The van der Waals surface area contributed by atoms with Gasteiger partial charge in [-0.05, 0) is 49.9 Å². The molecule has 0 aromatic carbocycles. The van der Waals surface area contributed by atoms with Crippen LogP contribution in [0.4, 0.5) is 0 Å². The highest BCUT2D eigenvalue weighted by Gasteiger charge is 2.39. The Hall–Kier alpha value is -3.75. The number of likely N-dealkylation sites (tertiary alicyclic amines) is 1. The molecular weight excluding hydrogens is 634 g/mol. The minimum Gasteiger partial charge on any atom is -0.480 e. The monoisotopic (exact) mass is 695 g/mol. The molecule has 0 unspecified atom stereocenters. The van der Waals surface area contributed by atoms with Crippen molar-refractivity contribution in [1.82, 2.24) is 31.5 Å². The third-order valence-corrected chi connectivity index (χ3v) is 9.48. The predicted molar refractivity (Wildman–Crippen MR) is 185 cm³/mol. The minimum absolute atomic E-state index is 0.0241. The molecule has 6 amide bonds. The zero-order valence-corrected chi connectivity index (χ0v) is 30.8. The molecule has 0 aliphatic carbocycles. The molecule has 1 aliphatic heterocycles. The summed E-state index contributed by atoms with van der Waals surface area (Å²) in [6.07, 6.45) is 3.09.